The maximum absolute atomic E-state index is 12.8. The summed E-state index contributed by atoms with van der Waals surface area (Å²) in [6.07, 6.45) is 6.61. The number of aryl methyl sites for hydroxylation is 2. The molecule has 2 aromatic rings. The van der Waals surface area contributed by atoms with Gasteiger partial charge < -0.3 is 13.9 Å². The van der Waals surface area contributed by atoms with E-state index < -0.39 is 0 Å². The Bertz CT molecular complexity index is 716. The van der Waals surface area contributed by atoms with E-state index in [1.54, 1.807) is 0 Å². The molecule has 2 aromatic heterocycles. The second-order valence-electron chi connectivity index (χ2n) is 6.75. The first kappa shape index (κ1) is 16.7. The lowest BCUT2D eigenvalue weighted by Gasteiger charge is -2.32. The van der Waals surface area contributed by atoms with E-state index in [-0.39, 0.29) is 11.8 Å². The first-order chi connectivity index (χ1) is 11.5. The van der Waals surface area contributed by atoms with E-state index in [4.69, 9.17) is 4.42 Å². The Balaban J connectivity index is 1.79. The first-order valence-corrected chi connectivity index (χ1v) is 8.79. The third-order valence-corrected chi connectivity index (χ3v) is 4.67. The molecule has 0 bridgehead atoms. The molecule has 1 aliphatic heterocycles. The molecule has 1 saturated heterocycles. The molecule has 1 atom stereocenters. The zero-order valence-corrected chi connectivity index (χ0v) is 15.0. The maximum Gasteiger partial charge on any atom is 0.291 e. The van der Waals surface area contributed by atoms with Crippen LogP contribution in [0, 0.1) is 6.92 Å². The van der Waals surface area contributed by atoms with E-state index in [1.165, 1.54) is 0 Å². The molecule has 130 valence electrons. The summed E-state index contributed by atoms with van der Waals surface area (Å²) in [5, 5.41) is 0. The fraction of sp³-hybridized carbons (Fsp3) is 0.611. The van der Waals surface area contributed by atoms with Gasteiger partial charge >= 0.3 is 0 Å². The van der Waals surface area contributed by atoms with Gasteiger partial charge in [-0.25, -0.2) is 9.97 Å². The van der Waals surface area contributed by atoms with Crippen molar-refractivity contribution in [3.8, 4) is 0 Å². The second kappa shape index (κ2) is 6.79. The highest BCUT2D eigenvalue weighted by Gasteiger charge is 2.30. The van der Waals surface area contributed by atoms with Crippen molar-refractivity contribution in [1.29, 1.82) is 0 Å². The molecule has 1 aliphatic rings. The Morgan fingerprint density at radius 1 is 1.46 bits per heavy atom. The topological polar surface area (TPSA) is 64.2 Å². The van der Waals surface area contributed by atoms with E-state index >= 15 is 0 Å². The van der Waals surface area contributed by atoms with Gasteiger partial charge in [0.1, 0.15) is 5.82 Å². The van der Waals surface area contributed by atoms with Crippen LogP contribution in [0.25, 0.3) is 0 Å². The molecule has 3 rings (SSSR count). The summed E-state index contributed by atoms with van der Waals surface area (Å²) in [6, 6.07) is 0.372. The van der Waals surface area contributed by atoms with Gasteiger partial charge in [0.25, 0.3) is 5.91 Å². The molecule has 3 heterocycles. The third kappa shape index (κ3) is 3.09. The largest absolute Gasteiger partial charge is 0.435 e. The molecule has 6 nitrogen and oxygen atoms in total. The van der Waals surface area contributed by atoms with E-state index in [0.29, 0.717) is 36.4 Å². The molecule has 0 spiro atoms. The highest BCUT2D eigenvalue weighted by Crippen LogP contribution is 2.28. The van der Waals surface area contributed by atoms with Gasteiger partial charge in [0, 0.05) is 43.9 Å². The van der Waals surface area contributed by atoms with Crippen LogP contribution in [-0.2, 0) is 6.42 Å². The maximum atomic E-state index is 12.8. The average molecular weight is 330 g/mol. The van der Waals surface area contributed by atoms with E-state index in [0.717, 1.165) is 25.2 Å². The zero-order chi connectivity index (χ0) is 17.3. The number of nitrogens with zero attached hydrogens (tertiary/aromatic N) is 4. The Labute approximate surface area is 142 Å². The van der Waals surface area contributed by atoms with Gasteiger partial charge in [-0.3, -0.25) is 4.79 Å². The number of carbonyl (C=O) groups excluding carboxylic acids is 1. The van der Waals surface area contributed by atoms with Crippen molar-refractivity contribution in [3.05, 3.63) is 35.6 Å². The normalized spacial score (nSPS) is 18.4. The summed E-state index contributed by atoms with van der Waals surface area (Å²) < 4.78 is 7.85. The van der Waals surface area contributed by atoms with Crippen LogP contribution in [0.5, 0.6) is 0 Å². The number of rotatable bonds is 4. The van der Waals surface area contributed by atoms with Gasteiger partial charge in [-0.1, -0.05) is 6.92 Å². The van der Waals surface area contributed by atoms with Crippen LogP contribution < -0.4 is 0 Å². The minimum absolute atomic E-state index is 0.0490. The molecule has 24 heavy (non-hydrogen) atoms. The Morgan fingerprint density at radius 3 is 2.92 bits per heavy atom. The summed E-state index contributed by atoms with van der Waals surface area (Å²) in [6.45, 7) is 9.57. The van der Waals surface area contributed by atoms with Crippen molar-refractivity contribution in [2.45, 2.75) is 58.9 Å². The minimum atomic E-state index is -0.0490. The van der Waals surface area contributed by atoms with Crippen LogP contribution in [0.15, 0.2) is 16.8 Å². The molecule has 6 heteroatoms. The summed E-state index contributed by atoms with van der Waals surface area (Å²) in [7, 11) is 0. The van der Waals surface area contributed by atoms with Gasteiger partial charge in [0.15, 0.2) is 5.89 Å². The predicted octanol–water partition coefficient (Wildman–Crippen LogP) is 3.34. The molecule has 1 fully saturated rings. The molecular weight excluding hydrogens is 304 g/mol. The Hall–Kier alpha value is -2.11. The number of aromatic nitrogens is 3. The lowest BCUT2D eigenvalue weighted by Crippen LogP contribution is -2.40. The number of hydrogen-bond acceptors (Lipinski definition) is 4. The molecule has 0 aromatic carbocycles. The lowest BCUT2D eigenvalue weighted by molar-refractivity contribution is 0.0668. The minimum Gasteiger partial charge on any atom is -0.435 e. The van der Waals surface area contributed by atoms with E-state index in [9.17, 15) is 4.79 Å². The molecule has 0 unspecified atom stereocenters. The third-order valence-electron chi connectivity index (χ3n) is 4.67. The Kier molecular flexibility index (Phi) is 4.73. The van der Waals surface area contributed by atoms with E-state index in [1.807, 2.05) is 31.1 Å². The molecule has 0 saturated carbocycles. The molecule has 0 aliphatic carbocycles. The number of oxazole rings is 1. The van der Waals surface area contributed by atoms with Crippen LogP contribution in [0.3, 0.4) is 0 Å². The highest BCUT2D eigenvalue weighted by molar-refractivity contribution is 5.92. The number of amides is 1. The molecular formula is C18H26N4O2. The van der Waals surface area contributed by atoms with Gasteiger partial charge in [-0.2, -0.15) is 0 Å². The SMILES string of the molecule is CCc1nc(C)c(C(=O)N2CCC[C@H](c3nccn3C(C)C)C2)o1. The average Bonchev–Trinajstić information content (AvgIpc) is 3.21. The standard InChI is InChI=1S/C18H26N4O2/c1-5-15-20-13(4)16(24-15)18(23)21-9-6-7-14(11-21)17-19-8-10-22(17)12(2)3/h8,10,12,14H,5-7,9,11H2,1-4H3/t14-/m0/s1. The number of hydrogen-bond donors (Lipinski definition) is 0. The van der Waals surface area contributed by atoms with Crippen LogP contribution in [0.1, 0.15) is 73.5 Å². The molecule has 1 amide bonds. The lowest BCUT2D eigenvalue weighted by atomic mass is 9.96. The highest BCUT2D eigenvalue weighted by atomic mass is 16.4. The van der Waals surface area contributed by atoms with Crippen molar-refractivity contribution in [2.24, 2.45) is 0 Å². The van der Waals surface area contributed by atoms with Crippen LogP contribution in [-0.4, -0.2) is 38.4 Å². The van der Waals surface area contributed by atoms with Crippen LogP contribution in [0.4, 0.5) is 0 Å². The fourth-order valence-electron chi connectivity index (χ4n) is 3.40. The van der Waals surface area contributed by atoms with Crippen molar-refractivity contribution in [3.63, 3.8) is 0 Å². The van der Waals surface area contributed by atoms with E-state index in [2.05, 4.69) is 28.4 Å². The van der Waals surface area contributed by atoms with Gasteiger partial charge in [-0.15, -0.1) is 0 Å². The quantitative estimate of drug-likeness (QED) is 0.862. The summed E-state index contributed by atoms with van der Waals surface area (Å²) >= 11 is 0. The molecule has 0 radical (unpaired) electrons. The van der Waals surface area contributed by atoms with Crippen molar-refractivity contribution >= 4 is 5.91 Å². The van der Waals surface area contributed by atoms with Crippen LogP contribution in [0.2, 0.25) is 0 Å². The van der Waals surface area contributed by atoms with Crippen molar-refractivity contribution in [2.75, 3.05) is 13.1 Å². The summed E-state index contributed by atoms with van der Waals surface area (Å²) in [4.78, 5) is 23.6. The second-order valence-corrected chi connectivity index (χ2v) is 6.75. The Morgan fingerprint density at radius 2 is 2.25 bits per heavy atom. The summed E-state index contributed by atoms with van der Waals surface area (Å²) in [5.74, 6) is 2.31. The zero-order valence-electron chi connectivity index (χ0n) is 15.0. The van der Waals surface area contributed by atoms with Gasteiger partial charge in [0.2, 0.25) is 5.76 Å². The number of carbonyl (C=O) groups is 1. The van der Waals surface area contributed by atoms with Crippen molar-refractivity contribution < 1.29 is 9.21 Å². The molecule has 0 N–H and O–H groups in total. The van der Waals surface area contributed by atoms with Gasteiger partial charge in [0.05, 0.1) is 5.69 Å². The number of likely N-dealkylation sites (tertiary alicyclic amines) is 1. The smallest absolute Gasteiger partial charge is 0.291 e. The fourth-order valence-corrected chi connectivity index (χ4v) is 3.40. The van der Waals surface area contributed by atoms with Crippen LogP contribution >= 0.6 is 0 Å². The predicted molar refractivity (Wildman–Crippen MR) is 91.1 cm³/mol. The number of piperidine rings is 1. The van der Waals surface area contributed by atoms with Crippen molar-refractivity contribution in [1.82, 2.24) is 19.4 Å². The van der Waals surface area contributed by atoms with Gasteiger partial charge in [-0.05, 0) is 33.6 Å². The summed E-state index contributed by atoms with van der Waals surface area (Å²) in [5.41, 5.74) is 0.683. The monoisotopic (exact) mass is 330 g/mol. The first-order valence-electron chi connectivity index (χ1n) is 8.79. The number of imidazole rings is 1.